The van der Waals surface area contributed by atoms with Crippen molar-refractivity contribution in [3.05, 3.63) is 30.4 Å². The number of nitrogens with one attached hydrogen (secondary N) is 1. The first kappa shape index (κ1) is 19.9. The lowest BCUT2D eigenvalue weighted by atomic mass is 9.85. The zero-order valence-corrected chi connectivity index (χ0v) is 16.6. The summed E-state index contributed by atoms with van der Waals surface area (Å²) in [6, 6.07) is 3.81. The lowest BCUT2D eigenvalue weighted by molar-refractivity contribution is -0.163. The van der Waals surface area contributed by atoms with Crippen LogP contribution in [0.15, 0.2) is 30.4 Å². The minimum Gasteiger partial charge on any atom is -0.454 e. The highest BCUT2D eigenvalue weighted by atomic mass is 16.7. The van der Waals surface area contributed by atoms with Crippen molar-refractivity contribution >= 4 is 29.4 Å². The summed E-state index contributed by atoms with van der Waals surface area (Å²) in [4.78, 5) is 51.2. The number of hydrogen-bond acceptors (Lipinski definition) is 7. The second kappa shape index (κ2) is 7.81. The van der Waals surface area contributed by atoms with Crippen LogP contribution < -0.4 is 14.8 Å². The van der Waals surface area contributed by atoms with Gasteiger partial charge in [0.1, 0.15) is 6.04 Å². The Morgan fingerprint density at radius 3 is 2.37 bits per heavy atom. The van der Waals surface area contributed by atoms with E-state index in [2.05, 4.69) is 5.32 Å². The second-order valence-electron chi connectivity index (χ2n) is 7.51. The first-order valence-corrected chi connectivity index (χ1v) is 9.79. The maximum Gasteiger partial charge on any atom is 0.329 e. The van der Waals surface area contributed by atoms with E-state index in [1.165, 1.54) is 13.8 Å². The smallest absolute Gasteiger partial charge is 0.329 e. The molecule has 4 rings (SSSR count). The highest BCUT2D eigenvalue weighted by Gasteiger charge is 2.50. The van der Waals surface area contributed by atoms with Crippen molar-refractivity contribution in [2.75, 3.05) is 12.1 Å². The minimum absolute atomic E-state index is 0.115. The Morgan fingerprint density at radius 1 is 1.07 bits per heavy atom. The second-order valence-corrected chi connectivity index (χ2v) is 7.51. The summed E-state index contributed by atoms with van der Waals surface area (Å²) in [6.45, 7) is 2.97. The Kier molecular flexibility index (Phi) is 5.19. The average Bonchev–Trinajstić information content (AvgIpc) is 3.30. The summed E-state index contributed by atoms with van der Waals surface area (Å²) in [5.74, 6) is -1.85. The Bertz CT molecular complexity index is 915. The number of ether oxygens (including phenoxy) is 3. The third-order valence-electron chi connectivity index (χ3n) is 5.57. The third kappa shape index (κ3) is 3.51. The van der Waals surface area contributed by atoms with Crippen molar-refractivity contribution < 1.29 is 33.4 Å². The molecule has 1 N–H and O–H groups in total. The van der Waals surface area contributed by atoms with Gasteiger partial charge in [0.05, 0.1) is 11.8 Å². The SMILES string of the molecule is C[C@H](OC(=O)[C@H](C)N1C(=O)[C@H]2CC=CC[C@H]2C1=O)C(=O)Nc1ccc2c(c1)OCO2. The van der Waals surface area contributed by atoms with Gasteiger partial charge in [0, 0.05) is 11.8 Å². The maximum atomic E-state index is 12.6. The fourth-order valence-corrected chi connectivity index (χ4v) is 3.86. The van der Waals surface area contributed by atoms with Crippen LogP contribution in [0.1, 0.15) is 26.7 Å². The molecule has 0 unspecified atom stereocenters. The molecule has 4 atom stereocenters. The molecule has 0 radical (unpaired) electrons. The molecule has 3 aliphatic rings. The summed E-state index contributed by atoms with van der Waals surface area (Å²) >= 11 is 0. The van der Waals surface area contributed by atoms with Crippen molar-refractivity contribution in [3.63, 3.8) is 0 Å². The molecule has 0 bridgehead atoms. The van der Waals surface area contributed by atoms with Crippen molar-refractivity contribution in [1.82, 2.24) is 4.90 Å². The topological polar surface area (TPSA) is 111 Å². The summed E-state index contributed by atoms with van der Waals surface area (Å²) in [5.41, 5.74) is 0.460. The van der Waals surface area contributed by atoms with Crippen molar-refractivity contribution in [1.29, 1.82) is 0 Å². The van der Waals surface area contributed by atoms with Crippen LogP contribution in [-0.2, 0) is 23.9 Å². The van der Waals surface area contributed by atoms with E-state index in [0.29, 0.717) is 30.0 Å². The molecule has 2 aliphatic heterocycles. The number of imide groups is 1. The molecule has 1 saturated heterocycles. The molecule has 30 heavy (non-hydrogen) atoms. The number of nitrogens with zero attached hydrogens (tertiary/aromatic N) is 1. The van der Waals surface area contributed by atoms with Gasteiger partial charge in [-0.25, -0.2) is 4.79 Å². The predicted octanol–water partition coefficient (Wildman–Crippen LogP) is 1.63. The van der Waals surface area contributed by atoms with Crippen LogP contribution in [0, 0.1) is 11.8 Å². The van der Waals surface area contributed by atoms with Crippen LogP contribution in [0.25, 0.3) is 0 Å². The number of fused-ring (bicyclic) bond motifs is 2. The number of anilines is 1. The van der Waals surface area contributed by atoms with Gasteiger partial charge in [-0.05, 0) is 38.8 Å². The van der Waals surface area contributed by atoms with Gasteiger partial charge < -0.3 is 19.5 Å². The monoisotopic (exact) mass is 414 g/mol. The van der Waals surface area contributed by atoms with Gasteiger partial charge in [0.2, 0.25) is 18.6 Å². The largest absolute Gasteiger partial charge is 0.454 e. The quantitative estimate of drug-likeness (QED) is 0.443. The van der Waals surface area contributed by atoms with Gasteiger partial charge >= 0.3 is 5.97 Å². The number of esters is 1. The third-order valence-corrected chi connectivity index (χ3v) is 5.57. The Balaban J connectivity index is 1.36. The first-order chi connectivity index (χ1) is 14.4. The van der Waals surface area contributed by atoms with Crippen LogP contribution >= 0.6 is 0 Å². The number of benzene rings is 1. The number of hydrogen-bond donors (Lipinski definition) is 1. The normalized spacial score (nSPS) is 23.7. The molecule has 9 nitrogen and oxygen atoms in total. The lowest BCUT2D eigenvalue weighted by Gasteiger charge is -2.23. The molecule has 1 aliphatic carbocycles. The van der Waals surface area contributed by atoms with Gasteiger partial charge in [-0.15, -0.1) is 0 Å². The van der Waals surface area contributed by atoms with Gasteiger partial charge in [-0.3, -0.25) is 19.3 Å². The number of carbonyl (C=O) groups is 4. The highest BCUT2D eigenvalue weighted by molar-refractivity contribution is 6.08. The molecule has 1 aromatic rings. The molecule has 0 saturated carbocycles. The number of carbonyl (C=O) groups excluding carboxylic acids is 4. The van der Waals surface area contributed by atoms with Crippen molar-refractivity contribution in [2.45, 2.75) is 38.8 Å². The maximum absolute atomic E-state index is 12.6. The molecular formula is C21H22N2O7. The molecule has 0 aromatic heterocycles. The van der Waals surface area contributed by atoms with E-state index in [4.69, 9.17) is 14.2 Å². The predicted molar refractivity (Wildman–Crippen MR) is 103 cm³/mol. The lowest BCUT2D eigenvalue weighted by Crippen LogP contribution is -2.46. The zero-order valence-electron chi connectivity index (χ0n) is 16.6. The molecule has 1 aromatic carbocycles. The summed E-state index contributed by atoms with van der Waals surface area (Å²) in [7, 11) is 0. The number of likely N-dealkylation sites (tertiary alicyclic amines) is 1. The van der Waals surface area contributed by atoms with Crippen LogP contribution in [0.3, 0.4) is 0 Å². The van der Waals surface area contributed by atoms with E-state index in [1.807, 2.05) is 12.2 Å². The molecule has 9 heteroatoms. The first-order valence-electron chi connectivity index (χ1n) is 9.79. The van der Waals surface area contributed by atoms with Crippen LogP contribution in [0.4, 0.5) is 5.69 Å². The summed E-state index contributed by atoms with van der Waals surface area (Å²) in [6.07, 6.45) is 3.61. The van der Waals surface area contributed by atoms with Crippen molar-refractivity contribution in [3.8, 4) is 11.5 Å². The minimum atomic E-state index is -1.12. The Hall–Kier alpha value is -3.36. The summed E-state index contributed by atoms with van der Waals surface area (Å²) in [5, 5.41) is 2.64. The van der Waals surface area contributed by atoms with Gasteiger partial charge in [0.15, 0.2) is 17.6 Å². The van der Waals surface area contributed by atoms with Gasteiger partial charge in [-0.2, -0.15) is 0 Å². The number of allylic oxidation sites excluding steroid dienone is 2. The molecular weight excluding hydrogens is 392 g/mol. The highest BCUT2D eigenvalue weighted by Crippen LogP contribution is 2.36. The van der Waals surface area contributed by atoms with E-state index in [9.17, 15) is 19.2 Å². The molecule has 2 heterocycles. The molecule has 3 amide bonds. The van der Waals surface area contributed by atoms with E-state index in [1.54, 1.807) is 18.2 Å². The van der Waals surface area contributed by atoms with E-state index in [0.717, 1.165) is 4.90 Å². The van der Waals surface area contributed by atoms with E-state index >= 15 is 0 Å². The molecule has 0 spiro atoms. The molecule has 158 valence electrons. The van der Waals surface area contributed by atoms with Crippen LogP contribution in [0.2, 0.25) is 0 Å². The van der Waals surface area contributed by atoms with Crippen molar-refractivity contribution in [2.24, 2.45) is 11.8 Å². The Labute approximate surface area is 172 Å². The van der Waals surface area contributed by atoms with E-state index in [-0.39, 0.29) is 18.6 Å². The Morgan fingerprint density at radius 2 is 1.70 bits per heavy atom. The zero-order chi connectivity index (χ0) is 21.4. The summed E-state index contributed by atoms with van der Waals surface area (Å²) < 4.78 is 15.7. The number of amides is 3. The van der Waals surface area contributed by atoms with Gasteiger partial charge in [0.25, 0.3) is 5.91 Å². The average molecular weight is 414 g/mol. The van der Waals surface area contributed by atoms with Crippen LogP contribution in [0.5, 0.6) is 11.5 Å². The van der Waals surface area contributed by atoms with Crippen LogP contribution in [-0.4, -0.2) is 47.5 Å². The standard InChI is InChI=1S/C21H22N2O7/c1-11(23-19(25)14-5-3-4-6-15(14)20(23)26)21(27)30-12(2)18(24)22-13-7-8-16-17(9-13)29-10-28-16/h3-4,7-9,11-12,14-15H,5-6,10H2,1-2H3,(H,22,24)/t11-,12-,14-,15+/m0/s1. The fraction of sp³-hybridized carbons (Fsp3) is 0.429. The van der Waals surface area contributed by atoms with Gasteiger partial charge in [-0.1, -0.05) is 12.2 Å². The fourth-order valence-electron chi connectivity index (χ4n) is 3.86. The number of rotatable bonds is 5. The molecule has 1 fully saturated rings. The van der Waals surface area contributed by atoms with E-state index < -0.39 is 35.9 Å².